The second kappa shape index (κ2) is 9.85. The Bertz CT molecular complexity index is 2260. The molecule has 0 radical (unpaired) electrons. The molecule has 4 heterocycles. The van der Waals surface area contributed by atoms with Crippen LogP contribution in [0.15, 0.2) is 108 Å². The highest BCUT2D eigenvalue weighted by Gasteiger charge is 2.29. The molecule has 44 heavy (non-hydrogen) atoms. The Kier molecular flexibility index (Phi) is 5.88. The van der Waals surface area contributed by atoms with Gasteiger partial charge in [-0.15, -0.1) is 10.2 Å². The van der Waals surface area contributed by atoms with Gasteiger partial charge in [0.25, 0.3) is 0 Å². The summed E-state index contributed by atoms with van der Waals surface area (Å²) in [5.41, 5.74) is 11.9. The normalized spacial score (nSPS) is 12.0. The first-order chi connectivity index (χ1) is 21.4. The molecule has 0 aliphatic carbocycles. The lowest BCUT2D eigenvalue weighted by Gasteiger charge is -2.21. The molecule has 0 fully saturated rings. The van der Waals surface area contributed by atoms with Crippen molar-refractivity contribution < 1.29 is 4.42 Å². The molecule has 0 bridgehead atoms. The molecular weight excluding hydrogens is 542 g/mol. The van der Waals surface area contributed by atoms with Gasteiger partial charge >= 0.3 is 0 Å². The predicted octanol–water partition coefficient (Wildman–Crippen LogP) is 8.68. The van der Waals surface area contributed by atoms with Crippen LogP contribution < -0.4 is 0 Å². The monoisotopic (exact) mass is 575 g/mol. The number of nitrogens with zero attached hydrogens (tertiary/aromatic N) is 5. The van der Waals surface area contributed by atoms with Gasteiger partial charge in [-0.1, -0.05) is 66.7 Å². The molecular formula is C38H33N5O. The molecule has 4 aromatic carbocycles. The first-order valence-electron chi connectivity index (χ1n) is 15.0. The number of benzene rings is 4. The van der Waals surface area contributed by atoms with Crippen molar-refractivity contribution in [3.63, 3.8) is 0 Å². The summed E-state index contributed by atoms with van der Waals surface area (Å²) in [6.07, 6.45) is 2.05. The average Bonchev–Trinajstić information content (AvgIpc) is 3.80. The van der Waals surface area contributed by atoms with E-state index >= 15 is 0 Å². The second-order valence-electron chi connectivity index (χ2n) is 11.8. The first kappa shape index (κ1) is 26.3. The average molecular weight is 576 g/mol. The summed E-state index contributed by atoms with van der Waals surface area (Å²) >= 11 is 0. The van der Waals surface area contributed by atoms with Crippen LogP contribution >= 0.6 is 0 Å². The van der Waals surface area contributed by atoms with Crippen LogP contribution in [-0.4, -0.2) is 23.9 Å². The number of hydrogen-bond acceptors (Lipinski definition) is 3. The molecule has 8 aromatic rings. The summed E-state index contributed by atoms with van der Waals surface area (Å²) in [5.74, 6) is 1.07. The maximum absolute atomic E-state index is 6.26. The highest BCUT2D eigenvalue weighted by molar-refractivity contribution is 5.94. The minimum absolute atomic E-state index is 0.0372. The van der Waals surface area contributed by atoms with Gasteiger partial charge in [0.05, 0.1) is 5.56 Å². The van der Waals surface area contributed by atoms with Crippen molar-refractivity contribution in [3.8, 4) is 22.9 Å². The van der Waals surface area contributed by atoms with Gasteiger partial charge in [-0.2, -0.15) is 0 Å². The molecule has 4 aromatic heterocycles. The standard InChI is InChI=1S/C38H33N5O/c1-23-34(28-13-7-10-16-32(28)42(23)4)36(35-24(2)43(5)33-17-11-8-14-29(33)35)25-18-20-26(21-19-25)37-39-40-38(44-37)30-22-41(3)31-15-9-6-12-27(30)31/h6-22,36H,1-5H3. The van der Waals surface area contributed by atoms with Crippen molar-refractivity contribution in [2.75, 3.05) is 0 Å². The molecule has 6 nitrogen and oxygen atoms in total. The fourth-order valence-electron chi connectivity index (χ4n) is 7.09. The summed E-state index contributed by atoms with van der Waals surface area (Å²) < 4.78 is 13.0. The Morgan fingerprint density at radius 3 is 1.66 bits per heavy atom. The van der Waals surface area contributed by atoms with Crippen LogP contribution in [0.2, 0.25) is 0 Å². The highest BCUT2D eigenvalue weighted by Crippen LogP contribution is 2.44. The third-order valence-corrected chi connectivity index (χ3v) is 9.52. The van der Waals surface area contributed by atoms with Gasteiger partial charge < -0.3 is 18.1 Å². The number of fused-ring (bicyclic) bond motifs is 3. The van der Waals surface area contributed by atoms with Gasteiger partial charge in [-0.3, -0.25) is 0 Å². The molecule has 0 N–H and O–H groups in total. The van der Waals surface area contributed by atoms with Crippen molar-refractivity contribution in [2.24, 2.45) is 21.1 Å². The molecule has 0 saturated heterocycles. The molecule has 0 atom stereocenters. The van der Waals surface area contributed by atoms with E-state index in [1.54, 1.807) is 0 Å². The van der Waals surface area contributed by atoms with Crippen molar-refractivity contribution in [1.82, 2.24) is 23.9 Å². The minimum Gasteiger partial charge on any atom is -0.416 e. The summed E-state index contributed by atoms with van der Waals surface area (Å²) in [6, 6.07) is 34.4. The molecule has 0 spiro atoms. The van der Waals surface area contributed by atoms with Crippen LogP contribution in [0.1, 0.15) is 34.0 Å². The van der Waals surface area contributed by atoms with Gasteiger partial charge in [0.15, 0.2) is 0 Å². The smallest absolute Gasteiger partial charge is 0.250 e. The number of aromatic nitrogens is 5. The summed E-state index contributed by atoms with van der Waals surface area (Å²) in [5, 5.41) is 12.6. The predicted molar refractivity (Wildman–Crippen MR) is 178 cm³/mol. The van der Waals surface area contributed by atoms with Crippen LogP contribution in [0.3, 0.4) is 0 Å². The van der Waals surface area contributed by atoms with Crippen LogP contribution in [0.4, 0.5) is 0 Å². The fraction of sp³-hybridized carbons (Fsp3) is 0.158. The Morgan fingerprint density at radius 1 is 0.568 bits per heavy atom. The Morgan fingerprint density at radius 2 is 1.07 bits per heavy atom. The molecule has 0 unspecified atom stereocenters. The fourth-order valence-corrected chi connectivity index (χ4v) is 7.09. The zero-order chi connectivity index (χ0) is 30.1. The lowest BCUT2D eigenvalue weighted by atomic mass is 9.82. The maximum Gasteiger partial charge on any atom is 0.250 e. The molecule has 6 heteroatoms. The van der Waals surface area contributed by atoms with Crippen molar-refractivity contribution in [2.45, 2.75) is 19.8 Å². The lowest BCUT2D eigenvalue weighted by Crippen LogP contribution is -2.07. The Hall–Kier alpha value is -5.36. The lowest BCUT2D eigenvalue weighted by molar-refractivity contribution is 0.585. The van der Waals surface area contributed by atoms with E-state index < -0.39 is 0 Å². The van der Waals surface area contributed by atoms with E-state index in [4.69, 9.17) is 4.42 Å². The third-order valence-electron chi connectivity index (χ3n) is 9.52. The zero-order valence-electron chi connectivity index (χ0n) is 25.5. The van der Waals surface area contributed by atoms with Gasteiger partial charge in [0.2, 0.25) is 11.8 Å². The maximum atomic E-state index is 6.26. The first-order valence-corrected chi connectivity index (χ1v) is 15.0. The van der Waals surface area contributed by atoms with E-state index in [1.165, 1.54) is 49.9 Å². The molecule has 0 aliphatic rings. The van der Waals surface area contributed by atoms with Crippen molar-refractivity contribution in [1.29, 1.82) is 0 Å². The molecule has 0 amide bonds. The summed E-state index contributed by atoms with van der Waals surface area (Å²) in [6.45, 7) is 4.48. The Balaban J connectivity index is 1.27. The van der Waals surface area contributed by atoms with E-state index in [-0.39, 0.29) is 5.92 Å². The van der Waals surface area contributed by atoms with E-state index in [0.29, 0.717) is 11.8 Å². The highest BCUT2D eigenvalue weighted by atomic mass is 16.4. The molecule has 0 aliphatic heterocycles. The van der Waals surface area contributed by atoms with Gasteiger partial charge in [0.1, 0.15) is 0 Å². The summed E-state index contributed by atoms with van der Waals surface area (Å²) in [7, 11) is 6.37. The van der Waals surface area contributed by atoms with E-state index in [2.05, 4.69) is 143 Å². The molecule has 216 valence electrons. The van der Waals surface area contributed by atoms with Crippen LogP contribution in [0, 0.1) is 13.8 Å². The number of rotatable bonds is 5. The van der Waals surface area contributed by atoms with Gasteiger partial charge in [-0.25, -0.2) is 0 Å². The molecule has 0 saturated carbocycles. The van der Waals surface area contributed by atoms with Gasteiger partial charge in [-0.05, 0) is 60.9 Å². The Labute approximate surface area is 255 Å². The molecule has 8 rings (SSSR count). The van der Waals surface area contributed by atoms with Crippen molar-refractivity contribution in [3.05, 3.63) is 131 Å². The van der Waals surface area contributed by atoms with Crippen LogP contribution in [0.5, 0.6) is 0 Å². The van der Waals surface area contributed by atoms with Crippen molar-refractivity contribution >= 4 is 32.7 Å². The van der Waals surface area contributed by atoms with Crippen LogP contribution in [0.25, 0.3) is 55.6 Å². The quantitative estimate of drug-likeness (QED) is 0.206. The third kappa shape index (κ3) is 3.80. The second-order valence-corrected chi connectivity index (χ2v) is 11.8. The largest absolute Gasteiger partial charge is 0.416 e. The topological polar surface area (TPSA) is 53.7 Å². The van der Waals surface area contributed by atoms with Crippen LogP contribution in [-0.2, 0) is 21.1 Å². The number of para-hydroxylation sites is 3. The SMILES string of the molecule is Cc1c(C(c2ccc(-c3nnc(-c4cn(C)c5ccccc45)o3)cc2)c2c(C)n(C)c3ccccc23)c2ccccc2n1C. The minimum atomic E-state index is 0.0372. The van der Waals surface area contributed by atoms with E-state index in [9.17, 15) is 0 Å². The van der Waals surface area contributed by atoms with E-state index in [0.717, 1.165) is 22.0 Å². The number of hydrogen-bond donors (Lipinski definition) is 0. The summed E-state index contributed by atoms with van der Waals surface area (Å²) in [4.78, 5) is 0. The van der Waals surface area contributed by atoms with Gasteiger partial charge in [0, 0.05) is 82.9 Å². The zero-order valence-corrected chi connectivity index (χ0v) is 25.5. The van der Waals surface area contributed by atoms with E-state index in [1.807, 2.05) is 19.2 Å². The number of aryl methyl sites for hydroxylation is 3.